The van der Waals surface area contributed by atoms with Crippen LogP contribution in [0.4, 0.5) is 17.5 Å². The Morgan fingerprint density at radius 3 is 2.81 bits per heavy atom. The number of benzene rings is 1. The first-order valence-corrected chi connectivity index (χ1v) is 6.17. The molecule has 1 aromatic carbocycles. The molecule has 3 aromatic rings. The van der Waals surface area contributed by atoms with E-state index in [4.69, 9.17) is 15.2 Å². The summed E-state index contributed by atoms with van der Waals surface area (Å²) < 4.78 is 10.5. The number of hydrogen-bond acceptors (Lipinski definition) is 7. The summed E-state index contributed by atoms with van der Waals surface area (Å²) in [6.07, 6.45) is 1.54. The molecule has 0 unspecified atom stereocenters. The summed E-state index contributed by atoms with van der Waals surface area (Å²) in [7, 11) is 3.18. The normalized spacial score (nSPS) is 10.6. The molecule has 4 N–H and O–H groups in total. The van der Waals surface area contributed by atoms with Crippen LogP contribution in [0.3, 0.4) is 0 Å². The van der Waals surface area contributed by atoms with Crippen molar-refractivity contribution in [1.29, 1.82) is 0 Å². The summed E-state index contributed by atoms with van der Waals surface area (Å²) in [4.78, 5) is 15.3. The molecule has 0 aliphatic rings. The van der Waals surface area contributed by atoms with Crippen molar-refractivity contribution in [3.63, 3.8) is 0 Å². The topological polar surface area (TPSA) is 111 Å². The number of hydrogen-bond donors (Lipinski definition) is 3. The molecule has 0 atom stereocenters. The Labute approximate surface area is 120 Å². The monoisotopic (exact) mass is 286 g/mol. The van der Waals surface area contributed by atoms with E-state index in [9.17, 15) is 0 Å². The molecular formula is C13H14N6O2. The van der Waals surface area contributed by atoms with Gasteiger partial charge in [0.2, 0.25) is 5.95 Å². The number of H-pyrrole nitrogens is 1. The Balaban J connectivity index is 2.04. The zero-order valence-corrected chi connectivity index (χ0v) is 11.5. The Morgan fingerprint density at radius 1 is 1.19 bits per heavy atom. The standard InChI is InChI=1S/C13H14N6O2/c1-20-7-3-4-8(9(5-7)21-2)17-12-10-11(16-6-15-10)18-13(14)19-12/h3-6H,1-2H3,(H4,14,15,16,17,18,19). The van der Waals surface area contributed by atoms with Gasteiger partial charge in [-0.25, -0.2) is 4.98 Å². The Morgan fingerprint density at radius 2 is 2.05 bits per heavy atom. The summed E-state index contributed by atoms with van der Waals surface area (Å²) in [5.41, 5.74) is 7.58. The van der Waals surface area contributed by atoms with Gasteiger partial charge >= 0.3 is 0 Å². The van der Waals surface area contributed by atoms with Gasteiger partial charge in [0.15, 0.2) is 11.5 Å². The second-order valence-corrected chi connectivity index (χ2v) is 4.22. The van der Waals surface area contributed by atoms with Gasteiger partial charge in [0, 0.05) is 6.07 Å². The highest BCUT2D eigenvalue weighted by molar-refractivity contribution is 5.86. The Hall–Kier alpha value is -3.03. The van der Waals surface area contributed by atoms with E-state index >= 15 is 0 Å². The molecule has 0 spiro atoms. The fourth-order valence-electron chi connectivity index (χ4n) is 1.97. The summed E-state index contributed by atoms with van der Waals surface area (Å²) in [6, 6.07) is 5.43. The number of nitrogens with one attached hydrogen (secondary N) is 2. The van der Waals surface area contributed by atoms with Crippen molar-refractivity contribution >= 4 is 28.6 Å². The molecule has 2 heterocycles. The second-order valence-electron chi connectivity index (χ2n) is 4.22. The van der Waals surface area contributed by atoms with Gasteiger partial charge in [-0.15, -0.1) is 0 Å². The molecule has 0 saturated carbocycles. The number of fused-ring (bicyclic) bond motifs is 1. The lowest BCUT2D eigenvalue weighted by atomic mass is 10.2. The van der Waals surface area contributed by atoms with E-state index in [0.717, 1.165) is 5.69 Å². The molecular weight excluding hydrogens is 272 g/mol. The first-order valence-electron chi connectivity index (χ1n) is 6.17. The van der Waals surface area contributed by atoms with Gasteiger partial charge in [0.05, 0.1) is 26.2 Å². The molecule has 0 aliphatic carbocycles. The third-order valence-corrected chi connectivity index (χ3v) is 2.96. The quantitative estimate of drug-likeness (QED) is 0.669. The van der Waals surface area contributed by atoms with E-state index in [2.05, 4.69) is 25.3 Å². The number of aromatic amines is 1. The van der Waals surface area contributed by atoms with Crippen LogP contribution in [0.5, 0.6) is 11.5 Å². The molecule has 0 bridgehead atoms. The molecule has 0 saturated heterocycles. The van der Waals surface area contributed by atoms with Gasteiger partial charge in [-0.1, -0.05) is 0 Å². The van der Waals surface area contributed by atoms with Crippen molar-refractivity contribution in [2.45, 2.75) is 0 Å². The van der Waals surface area contributed by atoms with Crippen molar-refractivity contribution in [2.75, 3.05) is 25.3 Å². The van der Waals surface area contributed by atoms with Crippen LogP contribution in [0.25, 0.3) is 11.2 Å². The van der Waals surface area contributed by atoms with E-state index in [1.807, 2.05) is 12.1 Å². The average molecular weight is 286 g/mol. The maximum absolute atomic E-state index is 5.69. The van der Waals surface area contributed by atoms with Crippen molar-refractivity contribution in [1.82, 2.24) is 19.9 Å². The highest BCUT2D eigenvalue weighted by Gasteiger charge is 2.11. The molecule has 21 heavy (non-hydrogen) atoms. The van der Waals surface area contributed by atoms with Crippen LogP contribution in [0, 0.1) is 0 Å². The molecule has 2 aromatic heterocycles. The zero-order valence-electron chi connectivity index (χ0n) is 11.5. The average Bonchev–Trinajstić information content (AvgIpc) is 2.96. The number of nitrogens with zero attached hydrogens (tertiary/aromatic N) is 3. The molecule has 0 amide bonds. The minimum absolute atomic E-state index is 0.143. The molecule has 0 radical (unpaired) electrons. The Bertz CT molecular complexity index is 785. The smallest absolute Gasteiger partial charge is 0.224 e. The maximum Gasteiger partial charge on any atom is 0.224 e. The number of nitrogens with two attached hydrogens (primary N) is 1. The number of methoxy groups -OCH3 is 2. The molecule has 3 rings (SSSR count). The summed E-state index contributed by atoms with van der Waals surface area (Å²) in [5, 5.41) is 3.16. The van der Waals surface area contributed by atoms with Crippen LogP contribution in [-0.4, -0.2) is 34.2 Å². The van der Waals surface area contributed by atoms with Crippen molar-refractivity contribution in [2.24, 2.45) is 0 Å². The highest BCUT2D eigenvalue weighted by atomic mass is 16.5. The van der Waals surface area contributed by atoms with Crippen LogP contribution < -0.4 is 20.5 Å². The minimum atomic E-state index is 0.143. The molecule has 0 aliphatic heterocycles. The SMILES string of the molecule is COc1ccc(Nc2nc(N)nc3nc[nH]c23)c(OC)c1. The zero-order chi connectivity index (χ0) is 14.8. The molecule has 8 heteroatoms. The van der Waals surface area contributed by atoms with Crippen LogP contribution in [0.15, 0.2) is 24.5 Å². The number of rotatable bonds is 4. The number of aromatic nitrogens is 4. The lowest BCUT2D eigenvalue weighted by Crippen LogP contribution is -2.02. The molecule has 8 nitrogen and oxygen atoms in total. The summed E-state index contributed by atoms with van der Waals surface area (Å²) in [6.45, 7) is 0. The number of ether oxygens (including phenoxy) is 2. The van der Waals surface area contributed by atoms with Crippen LogP contribution in [0.1, 0.15) is 0 Å². The first-order chi connectivity index (χ1) is 10.2. The van der Waals surface area contributed by atoms with E-state index in [0.29, 0.717) is 28.5 Å². The minimum Gasteiger partial charge on any atom is -0.497 e. The lowest BCUT2D eigenvalue weighted by molar-refractivity contribution is 0.395. The van der Waals surface area contributed by atoms with Crippen LogP contribution in [-0.2, 0) is 0 Å². The van der Waals surface area contributed by atoms with E-state index in [1.54, 1.807) is 20.3 Å². The third kappa shape index (κ3) is 2.38. The number of anilines is 3. The fraction of sp³-hybridized carbons (Fsp3) is 0.154. The van der Waals surface area contributed by atoms with Gasteiger partial charge in [-0.05, 0) is 12.1 Å². The first kappa shape index (κ1) is 13.0. The van der Waals surface area contributed by atoms with Gasteiger partial charge in [-0.3, -0.25) is 0 Å². The summed E-state index contributed by atoms with van der Waals surface area (Å²) in [5.74, 6) is 1.99. The highest BCUT2D eigenvalue weighted by Crippen LogP contribution is 2.32. The number of nitrogen functional groups attached to an aromatic ring is 1. The fourth-order valence-corrected chi connectivity index (χ4v) is 1.97. The predicted octanol–water partition coefficient (Wildman–Crippen LogP) is 1.70. The third-order valence-electron chi connectivity index (χ3n) is 2.96. The summed E-state index contributed by atoms with van der Waals surface area (Å²) >= 11 is 0. The van der Waals surface area contributed by atoms with Gasteiger partial charge < -0.3 is 25.5 Å². The molecule has 108 valence electrons. The van der Waals surface area contributed by atoms with Gasteiger partial charge in [0.25, 0.3) is 0 Å². The largest absolute Gasteiger partial charge is 0.497 e. The van der Waals surface area contributed by atoms with E-state index < -0.39 is 0 Å². The molecule has 0 fully saturated rings. The van der Waals surface area contributed by atoms with Crippen molar-refractivity contribution < 1.29 is 9.47 Å². The van der Waals surface area contributed by atoms with Gasteiger partial charge in [0.1, 0.15) is 17.0 Å². The van der Waals surface area contributed by atoms with E-state index in [-0.39, 0.29) is 5.95 Å². The Kier molecular flexibility index (Phi) is 3.19. The van der Waals surface area contributed by atoms with E-state index in [1.165, 1.54) is 6.33 Å². The predicted molar refractivity (Wildman–Crippen MR) is 78.9 cm³/mol. The lowest BCUT2D eigenvalue weighted by Gasteiger charge is -2.12. The van der Waals surface area contributed by atoms with Crippen LogP contribution >= 0.6 is 0 Å². The van der Waals surface area contributed by atoms with Crippen LogP contribution in [0.2, 0.25) is 0 Å². The van der Waals surface area contributed by atoms with Crippen molar-refractivity contribution in [3.8, 4) is 11.5 Å². The number of imidazole rings is 1. The second kappa shape index (κ2) is 5.16. The maximum atomic E-state index is 5.69. The van der Waals surface area contributed by atoms with Crippen molar-refractivity contribution in [3.05, 3.63) is 24.5 Å². The van der Waals surface area contributed by atoms with Gasteiger partial charge in [-0.2, -0.15) is 9.97 Å².